The topological polar surface area (TPSA) is 116 Å². The molecule has 0 aromatic carbocycles. The average molecular weight is 189 g/mol. The van der Waals surface area contributed by atoms with Crippen molar-refractivity contribution in [3.05, 3.63) is 5.57 Å². The SMILES string of the molecule is CNc1nnc(N)n1C=C(C#N)C#N. The predicted molar refractivity (Wildman–Crippen MR) is 49.5 cm³/mol. The molecule has 7 heteroatoms. The van der Waals surface area contributed by atoms with Gasteiger partial charge in [0.05, 0.1) is 0 Å². The fraction of sp³-hybridized carbons (Fsp3) is 0.143. The smallest absolute Gasteiger partial charge is 0.230 e. The van der Waals surface area contributed by atoms with E-state index in [-0.39, 0.29) is 11.5 Å². The van der Waals surface area contributed by atoms with Gasteiger partial charge in [-0.25, -0.2) is 0 Å². The normalized spacial score (nSPS) is 8.50. The number of hydrogen-bond donors (Lipinski definition) is 2. The number of hydrogen-bond acceptors (Lipinski definition) is 6. The number of anilines is 2. The van der Waals surface area contributed by atoms with Gasteiger partial charge >= 0.3 is 0 Å². The maximum absolute atomic E-state index is 8.52. The Hall–Kier alpha value is -2.54. The van der Waals surface area contributed by atoms with Gasteiger partial charge in [-0.3, -0.25) is 4.57 Å². The van der Waals surface area contributed by atoms with E-state index in [9.17, 15) is 0 Å². The van der Waals surface area contributed by atoms with Crippen molar-refractivity contribution in [2.24, 2.45) is 0 Å². The maximum atomic E-state index is 8.52. The van der Waals surface area contributed by atoms with Crippen molar-refractivity contribution in [3.63, 3.8) is 0 Å². The molecule has 0 saturated carbocycles. The van der Waals surface area contributed by atoms with Gasteiger partial charge in [-0.2, -0.15) is 10.5 Å². The molecule has 0 aliphatic carbocycles. The monoisotopic (exact) mass is 189 g/mol. The fourth-order valence-corrected chi connectivity index (χ4v) is 0.813. The highest BCUT2D eigenvalue weighted by Gasteiger charge is 2.05. The van der Waals surface area contributed by atoms with Gasteiger partial charge in [-0.15, -0.1) is 10.2 Å². The van der Waals surface area contributed by atoms with Crippen LogP contribution in [0.1, 0.15) is 0 Å². The summed E-state index contributed by atoms with van der Waals surface area (Å²) in [4.78, 5) is 0. The number of nitrogens with two attached hydrogens (primary N) is 1. The molecule has 1 aromatic heterocycles. The van der Waals surface area contributed by atoms with Gasteiger partial charge in [-0.1, -0.05) is 0 Å². The summed E-state index contributed by atoms with van der Waals surface area (Å²) in [6, 6.07) is 3.42. The van der Waals surface area contributed by atoms with Crippen LogP contribution in [0.25, 0.3) is 6.20 Å². The van der Waals surface area contributed by atoms with E-state index in [1.165, 1.54) is 10.8 Å². The van der Waals surface area contributed by atoms with Crippen molar-refractivity contribution in [1.82, 2.24) is 14.8 Å². The molecule has 3 N–H and O–H groups in total. The molecule has 1 aromatic rings. The molecule has 1 heterocycles. The Morgan fingerprint density at radius 2 is 2.14 bits per heavy atom. The zero-order valence-electron chi connectivity index (χ0n) is 7.39. The summed E-state index contributed by atoms with van der Waals surface area (Å²) >= 11 is 0. The van der Waals surface area contributed by atoms with Gasteiger partial charge in [0.2, 0.25) is 11.9 Å². The first kappa shape index (κ1) is 9.55. The summed E-state index contributed by atoms with van der Waals surface area (Å²) in [6.07, 6.45) is 1.27. The van der Waals surface area contributed by atoms with Crippen LogP contribution in [0.15, 0.2) is 5.57 Å². The molecule has 0 unspecified atom stereocenters. The molecule has 1 rings (SSSR count). The summed E-state index contributed by atoms with van der Waals surface area (Å²) < 4.78 is 1.32. The Morgan fingerprint density at radius 3 is 2.64 bits per heavy atom. The van der Waals surface area contributed by atoms with Crippen LogP contribution in [-0.4, -0.2) is 21.8 Å². The number of nitriles is 2. The second kappa shape index (κ2) is 3.92. The first-order chi connectivity index (χ1) is 6.72. The van der Waals surface area contributed by atoms with E-state index < -0.39 is 0 Å². The number of aromatic nitrogens is 3. The third kappa shape index (κ3) is 1.62. The summed E-state index contributed by atoms with van der Waals surface area (Å²) in [5.74, 6) is 0.475. The largest absolute Gasteiger partial charge is 0.368 e. The van der Waals surface area contributed by atoms with Gasteiger partial charge in [0.1, 0.15) is 17.7 Å². The van der Waals surface area contributed by atoms with Crippen LogP contribution in [0.2, 0.25) is 0 Å². The second-order valence-electron chi connectivity index (χ2n) is 2.27. The van der Waals surface area contributed by atoms with Crippen LogP contribution in [0.5, 0.6) is 0 Å². The Balaban J connectivity index is 3.21. The highest BCUT2D eigenvalue weighted by Crippen LogP contribution is 2.10. The van der Waals surface area contributed by atoms with Crippen LogP contribution in [-0.2, 0) is 0 Å². The summed E-state index contributed by atoms with van der Waals surface area (Å²) in [7, 11) is 1.63. The van der Waals surface area contributed by atoms with Crippen molar-refractivity contribution < 1.29 is 0 Å². The quantitative estimate of drug-likeness (QED) is 0.621. The summed E-state index contributed by atoms with van der Waals surface area (Å²) in [5, 5.41) is 27.0. The number of nitrogens with zero attached hydrogens (tertiary/aromatic N) is 5. The van der Waals surface area contributed by atoms with Gasteiger partial charge in [0, 0.05) is 13.2 Å². The van der Waals surface area contributed by atoms with Crippen molar-refractivity contribution in [2.75, 3.05) is 18.1 Å². The first-order valence-corrected chi connectivity index (χ1v) is 3.63. The van der Waals surface area contributed by atoms with E-state index in [0.29, 0.717) is 5.95 Å². The molecule has 70 valence electrons. The molecule has 0 atom stereocenters. The lowest BCUT2D eigenvalue weighted by molar-refractivity contribution is 1.09. The minimum atomic E-state index is -0.0759. The average Bonchev–Trinajstić information content (AvgIpc) is 2.56. The maximum Gasteiger partial charge on any atom is 0.230 e. The minimum absolute atomic E-state index is 0.0759. The van der Waals surface area contributed by atoms with Crippen LogP contribution < -0.4 is 11.1 Å². The van der Waals surface area contributed by atoms with Crippen molar-refractivity contribution in [1.29, 1.82) is 10.5 Å². The van der Waals surface area contributed by atoms with Gasteiger partial charge in [0.15, 0.2) is 0 Å². The Morgan fingerprint density at radius 1 is 1.50 bits per heavy atom. The number of nitrogens with one attached hydrogen (secondary N) is 1. The predicted octanol–water partition coefficient (Wildman–Crippen LogP) is -0.210. The van der Waals surface area contributed by atoms with E-state index >= 15 is 0 Å². The Bertz CT molecular complexity index is 426. The molecule has 0 aliphatic rings. The van der Waals surface area contributed by atoms with Crippen LogP contribution >= 0.6 is 0 Å². The fourth-order valence-electron chi connectivity index (χ4n) is 0.813. The zero-order chi connectivity index (χ0) is 10.6. The lowest BCUT2D eigenvalue weighted by atomic mass is 10.3. The molecule has 0 aliphatic heterocycles. The van der Waals surface area contributed by atoms with Crippen LogP contribution in [0.4, 0.5) is 11.9 Å². The van der Waals surface area contributed by atoms with E-state index in [0.717, 1.165) is 0 Å². The molecular formula is C7H7N7. The summed E-state index contributed by atoms with van der Waals surface area (Å²) in [5.41, 5.74) is 5.38. The molecule has 0 bridgehead atoms. The molecule has 0 saturated heterocycles. The highest BCUT2D eigenvalue weighted by atomic mass is 15.4. The van der Waals surface area contributed by atoms with Gasteiger partial charge < -0.3 is 11.1 Å². The number of rotatable bonds is 2. The number of allylic oxidation sites excluding steroid dienone is 1. The van der Waals surface area contributed by atoms with Crippen LogP contribution in [0.3, 0.4) is 0 Å². The standard InChI is InChI=1S/C7H7N7/c1-11-7-13-12-6(10)14(7)4-5(2-8)3-9/h4H,1H3,(H2,10,12)(H,11,13). The first-order valence-electron chi connectivity index (χ1n) is 3.63. The molecule has 0 spiro atoms. The molecule has 0 amide bonds. The second-order valence-corrected chi connectivity index (χ2v) is 2.27. The zero-order valence-corrected chi connectivity index (χ0v) is 7.39. The molecule has 7 nitrogen and oxygen atoms in total. The van der Waals surface area contributed by atoms with Gasteiger partial charge in [-0.05, 0) is 0 Å². The molecular weight excluding hydrogens is 182 g/mol. The molecule has 0 fully saturated rings. The van der Waals surface area contributed by atoms with E-state index in [1.807, 2.05) is 0 Å². The van der Waals surface area contributed by atoms with Crippen molar-refractivity contribution in [3.8, 4) is 12.1 Å². The Labute approximate surface area is 80.1 Å². The summed E-state index contributed by atoms with van der Waals surface area (Å²) in [6.45, 7) is 0. The van der Waals surface area contributed by atoms with Crippen molar-refractivity contribution in [2.45, 2.75) is 0 Å². The Kier molecular flexibility index (Phi) is 2.67. The van der Waals surface area contributed by atoms with E-state index in [4.69, 9.17) is 16.3 Å². The lowest BCUT2D eigenvalue weighted by Gasteiger charge is -1.99. The molecule has 14 heavy (non-hydrogen) atoms. The number of nitrogen functional groups attached to an aromatic ring is 1. The third-order valence-electron chi connectivity index (χ3n) is 1.44. The van der Waals surface area contributed by atoms with Crippen molar-refractivity contribution >= 4 is 18.1 Å². The van der Waals surface area contributed by atoms with E-state index in [2.05, 4.69) is 15.5 Å². The minimum Gasteiger partial charge on any atom is -0.368 e. The lowest BCUT2D eigenvalue weighted by Crippen LogP contribution is -2.01. The third-order valence-corrected chi connectivity index (χ3v) is 1.44. The molecule has 0 radical (unpaired) electrons. The van der Waals surface area contributed by atoms with Gasteiger partial charge in [0.25, 0.3) is 0 Å². The highest BCUT2D eigenvalue weighted by molar-refractivity contribution is 5.56. The van der Waals surface area contributed by atoms with Crippen LogP contribution in [0, 0.1) is 22.7 Å². The van der Waals surface area contributed by atoms with E-state index in [1.54, 1.807) is 19.2 Å².